The monoisotopic (exact) mass is 531 g/mol. The van der Waals surface area contributed by atoms with E-state index in [2.05, 4.69) is 20.3 Å². The number of nitrogen functional groups attached to an aromatic ring is 1. The third-order valence-electron chi connectivity index (χ3n) is 6.66. The highest BCUT2D eigenvalue weighted by Gasteiger charge is 2.32. The number of nitrogens with two attached hydrogens (primary N) is 1. The molecule has 4 aromatic rings. The van der Waals surface area contributed by atoms with Crippen molar-refractivity contribution in [3.8, 4) is 28.5 Å². The summed E-state index contributed by atoms with van der Waals surface area (Å²) in [5, 5.41) is 5.44. The van der Waals surface area contributed by atoms with E-state index < -0.39 is 11.7 Å². The molecule has 0 bridgehead atoms. The normalized spacial score (nSPS) is 17.3. The smallest absolute Gasteiger partial charge is 0.408 e. The number of anilines is 1. The second-order valence-electron chi connectivity index (χ2n) is 10.6. The summed E-state index contributed by atoms with van der Waals surface area (Å²) in [5.74, 6) is 2.14. The lowest BCUT2D eigenvalue weighted by atomic mass is 10.0. The third-order valence-corrected chi connectivity index (χ3v) is 6.66. The number of carbonyl (C=O) groups excluding carboxylic acids is 1. The summed E-state index contributed by atoms with van der Waals surface area (Å²) in [7, 11) is 3.19. The lowest BCUT2D eigenvalue weighted by Crippen LogP contribution is -2.44. The average Bonchev–Trinajstić information content (AvgIpc) is 3.32. The van der Waals surface area contributed by atoms with Crippen molar-refractivity contribution in [1.82, 2.24) is 20.3 Å². The molecule has 1 aliphatic carbocycles. The van der Waals surface area contributed by atoms with Crippen LogP contribution in [0.3, 0.4) is 0 Å². The first kappa shape index (κ1) is 26.3. The number of methoxy groups -OCH3 is 2. The zero-order valence-electron chi connectivity index (χ0n) is 22.8. The first-order valence-corrected chi connectivity index (χ1v) is 12.9. The zero-order valence-corrected chi connectivity index (χ0v) is 22.8. The molecule has 0 unspecified atom stereocenters. The Bertz CT molecular complexity index is 1530. The van der Waals surface area contributed by atoms with Crippen LogP contribution >= 0.6 is 0 Å². The standard InChI is InChI=1S/C29H33N5O5/c1-29(2,3)39-28(35)34-21-7-6-8-24(21)38-17-9-16(13-31-14-17)22-10-18-19-11-25(36-4)26(37-5)12-23(19)32-15-20(18)27(30)33-22/h9-15,21,24H,6-8H2,1-5H3,(H2,30,33)(H,34,35)/t21-,24-/m0/s1. The van der Waals surface area contributed by atoms with E-state index in [0.29, 0.717) is 28.8 Å². The van der Waals surface area contributed by atoms with E-state index in [1.165, 1.54) is 0 Å². The molecule has 0 radical (unpaired) electrons. The molecule has 3 N–H and O–H groups in total. The lowest BCUT2D eigenvalue weighted by Gasteiger charge is -2.25. The van der Waals surface area contributed by atoms with Crippen molar-refractivity contribution in [2.24, 2.45) is 0 Å². The van der Waals surface area contributed by atoms with Crippen LogP contribution in [0.4, 0.5) is 10.6 Å². The van der Waals surface area contributed by atoms with E-state index in [0.717, 1.165) is 46.5 Å². The summed E-state index contributed by atoms with van der Waals surface area (Å²) in [6, 6.07) is 7.43. The van der Waals surface area contributed by atoms with Gasteiger partial charge in [-0.1, -0.05) is 0 Å². The number of nitrogens with zero attached hydrogens (tertiary/aromatic N) is 3. The number of ether oxygens (including phenoxy) is 4. The molecule has 5 rings (SSSR count). The second kappa shape index (κ2) is 10.4. The predicted octanol–water partition coefficient (Wildman–Crippen LogP) is 5.27. The van der Waals surface area contributed by atoms with Gasteiger partial charge in [-0.3, -0.25) is 9.97 Å². The molecule has 2 atom stereocenters. The molecule has 3 aromatic heterocycles. The van der Waals surface area contributed by atoms with Gasteiger partial charge in [0.25, 0.3) is 0 Å². The Morgan fingerprint density at radius 3 is 2.49 bits per heavy atom. The molecule has 204 valence electrons. The Labute approximate surface area is 226 Å². The Balaban J connectivity index is 1.45. The molecule has 10 heteroatoms. The Morgan fingerprint density at radius 2 is 1.74 bits per heavy atom. The number of hydrogen-bond donors (Lipinski definition) is 2. The van der Waals surface area contributed by atoms with Gasteiger partial charge in [0.15, 0.2) is 11.5 Å². The van der Waals surface area contributed by atoms with Crippen LogP contribution in [0.15, 0.2) is 42.9 Å². The number of amides is 1. The quantitative estimate of drug-likeness (QED) is 0.320. The molecule has 10 nitrogen and oxygen atoms in total. The highest BCUT2D eigenvalue weighted by molar-refractivity contribution is 6.10. The summed E-state index contributed by atoms with van der Waals surface area (Å²) >= 11 is 0. The number of rotatable bonds is 6. The van der Waals surface area contributed by atoms with Crippen LogP contribution in [0, 0.1) is 0 Å². The number of hydrogen-bond acceptors (Lipinski definition) is 9. The van der Waals surface area contributed by atoms with E-state index in [1.807, 2.05) is 45.0 Å². The van der Waals surface area contributed by atoms with Crippen LogP contribution in [0.25, 0.3) is 32.9 Å². The maximum Gasteiger partial charge on any atom is 0.408 e. The van der Waals surface area contributed by atoms with Gasteiger partial charge < -0.3 is 30.0 Å². The Kier molecular flexibility index (Phi) is 7.03. The number of alkyl carbamates (subject to hydrolysis) is 1. The van der Waals surface area contributed by atoms with Crippen LogP contribution in [0.1, 0.15) is 40.0 Å². The molecule has 0 saturated heterocycles. The van der Waals surface area contributed by atoms with Crippen LogP contribution in [0.5, 0.6) is 17.2 Å². The molecule has 3 heterocycles. The lowest BCUT2D eigenvalue weighted by molar-refractivity contribution is 0.0464. The first-order chi connectivity index (χ1) is 18.6. The van der Waals surface area contributed by atoms with Gasteiger partial charge >= 0.3 is 6.09 Å². The third kappa shape index (κ3) is 5.59. The SMILES string of the molecule is COc1cc2ncc3c(N)nc(-c4cncc(O[C@H]5CCC[C@@H]5NC(=O)OC(C)(C)C)c4)cc3c2cc1OC. The molecular formula is C29H33N5O5. The second-order valence-corrected chi connectivity index (χ2v) is 10.6. The van der Waals surface area contributed by atoms with Crippen molar-refractivity contribution in [1.29, 1.82) is 0 Å². The van der Waals surface area contributed by atoms with Crippen LogP contribution in [0.2, 0.25) is 0 Å². The minimum absolute atomic E-state index is 0.149. The molecule has 39 heavy (non-hydrogen) atoms. The topological polar surface area (TPSA) is 131 Å². The molecule has 1 aromatic carbocycles. The predicted molar refractivity (Wildman–Crippen MR) is 149 cm³/mol. The molecular weight excluding hydrogens is 498 g/mol. The summed E-state index contributed by atoms with van der Waals surface area (Å²) in [6.07, 6.45) is 7.03. The maximum absolute atomic E-state index is 12.3. The number of nitrogens with one attached hydrogen (secondary N) is 1. The van der Waals surface area contributed by atoms with Crippen molar-refractivity contribution in [3.63, 3.8) is 0 Å². The molecule has 1 fully saturated rings. The van der Waals surface area contributed by atoms with E-state index in [9.17, 15) is 4.79 Å². The van der Waals surface area contributed by atoms with Crippen LogP contribution < -0.4 is 25.3 Å². The van der Waals surface area contributed by atoms with Gasteiger partial charge in [-0.05, 0) is 63.6 Å². The number of carbonyl (C=O) groups is 1. The fourth-order valence-electron chi connectivity index (χ4n) is 4.90. The van der Waals surface area contributed by atoms with Gasteiger partial charge in [-0.15, -0.1) is 0 Å². The van der Waals surface area contributed by atoms with Crippen molar-refractivity contribution < 1.29 is 23.7 Å². The Hall–Kier alpha value is -4.34. The molecule has 0 spiro atoms. The molecule has 0 aliphatic heterocycles. The number of fused-ring (bicyclic) bond motifs is 3. The van der Waals surface area contributed by atoms with Crippen LogP contribution in [-0.4, -0.2) is 53.0 Å². The van der Waals surface area contributed by atoms with Crippen molar-refractivity contribution in [2.45, 2.75) is 57.8 Å². The van der Waals surface area contributed by atoms with Crippen molar-refractivity contribution in [3.05, 3.63) is 42.9 Å². The van der Waals surface area contributed by atoms with Gasteiger partial charge in [0.2, 0.25) is 0 Å². The van der Waals surface area contributed by atoms with Crippen LogP contribution in [-0.2, 0) is 4.74 Å². The van der Waals surface area contributed by atoms with Crippen molar-refractivity contribution in [2.75, 3.05) is 20.0 Å². The fourth-order valence-corrected chi connectivity index (χ4v) is 4.90. The van der Waals surface area contributed by atoms with Gasteiger partial charge in [0, 0.05) is 34.8 Å². The van der Waals surface area contributed by atoms with E-state index in [1.54, 1.807) is 32.8 Å². The molecule has 1 amide bonds. The van der Waals surface area contributed by atoms with Gasteiger partial charge in [0.05, 0.1) is 37.7 Å². The van der Waals surface area contributed by atoms with E-state index in [-0.39, 0.29) is 12.1 Å². The minimum Gasteiger partial charge on any atom is -0.493 e. The number of benzene rings is 1. The highest BCUT2D eigenvalue weighted by Crippen LogP contribution is 2.37. The highest BCUT2D eigenvalue weighted by atomic mass is 16.6. The van der Waals surface area contributed by atoms with E-state index in [4.69, 9.17) is 24.7 Å². The van der Waals surface area contributed by atoms with E-state index >= 15 is 0 Å². The maximum atomic E-state index is 12.3. The first-order valence-electron chi connectivity index (χ1n) is 12.9. The summed E-state index contributed by atoms with van der Waals surface area (Å²) in [5.41, 5.74) is 7.96. The minimum atomic E-state index is -0.565. The van der Waals surface area contributed by atoms with Gasteiger partial charge in [-0.2, -0.15) is 0 Å². The summed E-state index contributed by atoms with van der Waals surface area (Å²) < 4.78 is 22.7. The Morgan fingerprint density at radius 1 is 0.974 bits per heavy atom. The zero-order chi connectivity index (χ0) is 27.7. The average molecular weight is 532 g/mol. The number of pyridine rings is 3. The largest absolute Gasteiger partial charge is 0.493 e. The van der Waals surface area contributed by atoms with Gasteiger partial charge in [-0.25, -0.2) is 9.78 Å². The van der Waals surface area contributed by atoms with Gasteiger partial charge in [0.1, 0.15) is 23.3 Å². The summed E-state index contributed by atoms with van der Waals surface area (Å²) in [4.78, 5) is 25.9. The fraction of sp³-hybridized carbons (Fsp3) is 0.379. The molecule has 1 saturated carbocycles. The summed E-state index contributed by atoms with van der Waals surface area (Å²) in [6.45, 7) is 5.52. The van der Waals surface area contributed by atoms with Crippen molar-refractivity contribution >= 4 is 33.6 Å². The number of aromatic nitrogens is 3. The molecule has 1 aliphatic rings.